The number of aliphatic hydroxyl groups excluding tert-OH is 4. The van der Waals surface area contributed by atoms with Crippen molar-refractivity contribution in [2.24, 2.45) is 10.8 Å². The summed E-state index contributed by atoms with van der Waals surface area (Å²) in [6.07, 6.45) is -6.18. The first kappa shape index (κ1) is 24.3. The Hall–Kier alpha value is -2.80. The van der Waals surface area contributed by atoms with Gasteiger partial charge in [0.25, 0.3) is 0 Å². The van der Waals surface area contributed by atoms with Crippen LogP contribution in [0.2, 0.25) is 0 Å². The normalized spacial score (nSPS) is 29.0. The van der Waals surface area contributed by atoms with Gasteiger partial charge < -0.3 is 40.4 Å². The number of hydrogen-bond donors (Lipinski definition) is 5. The molecule has 0 spiro atoms. The third-order valence-electron chi connectivity index (χ3n) is 5.92. The smallest absolute Gasteiger partial charge is 0.229 e. The number of ether oxygens (including phenoxy) is 3. The van der Waals surface area contributed by atoms with Crippen molar-refractivity contribution in [1.29, 1.82) is 0 Å². The number of hydrogen-bond acceptors (Lipinski definition) is 9. The van der Waals surface area contributed by atoms with Crippen LogP contribution in [-0.4, -0.2) is 80.7 Å². The first-order chi connectivity index (χ1) is 16.3. The van der Waals surface area contributed by atoms with Crippen LogP contribution in [0.5, 0.6) is 11.5 Å². The Morgan fingerprint density at radius 3 is 2.29 bits per heavy atom. The standard InChI is InChI=1S/C23H27N3O7S/c1-31-14-6-2-12(3-7-14)16-10-17(26(25-16)23(24)34)13-4-8-15(9-5-13)32-22-21(30)20(29)19(28)18(11-27)33-22/h2-9,17-22,27-30H,10-11H2,1H3,(H2,24,34)/t17?,18-,19-,20-,21-,22-/m1/s1. The Morgan fingerprint density at radius 2 is 1.71 bits per heavy atom. The van der Waals surface area contributed by atoms with Gasteiger partial charge in [-0.3, -0.25) is 0 Å². The highest BCUT2D eigenvalue weighted by atomic mass is 32.1. The lowest BCUT2D eigenvalue weighted by atomic mass is 9.98. The molecule has 0 radical (unpaired) electrons. The topological polar surface area (TPSA) is 150 Å². The molecule has 6 atom stereocenters. The van der Waals surface area contributed by atoms with Crippen LogP contribution in [0.4, 0.5) is 0 Å². The van der Waals surface area contributed by atoms with Crippen LogP contribution < -0.4 is 15.2 Å². The second kappa shape index (κ2) is 10.2. The minimum atomic E-state index is -1.51. The molecular formula is C23H27N3O7S. The number of thiocarbonyl (C=S) groups is 1. The number of rotatable bonds is 6. The number of nitrogens with zero attached hydrogens (tertiary/aromatic N) is 2. The fourth-order valence-corrected chi connectivity index (χ4v) is 4.17. The molecule has 2 aliphatic heterocycles. The molecule has 2 aromatic rings. The molecule has 2 aromatic carbocycles. The summed E-state index contributed by atoms with van der Waals surface area (Å²) in [6.45, 7) is -0.531. The van der Waals surface area contributed by atoms with Crippen molar-refractivity contribution < 1.29 is 34.6 Å². The molecule has 34 heavy (non-hydrogen) atoms. The van der Waals surface area contributed by atoms with Gasteiger partial charge in [0.05, 0.1) is 25.5 Å². The summed E-state index contributed by atoms with van der Waals surface area (Å²) in [5.74, 6) is 1.12. The van der Waals surface area contributed by atoms with Crippen LogP contribution in [0.1, 0.15) is 23.6 Å². The highest BCUT2D eigenvalue weighted by Gasteiger charge is 2.44. The van der Waals surface area contributed by atoms with Gasteiger partial charge in [-0.1, -0.05) is 12.1 Å². The van der Waals surface area contributed by atoms with Gasteiger partial charge in [0.15, 0.2) is 5.11 Å². The van der Waals surface area contributed by atoms with E-state index in [0.717, 1.165) is 22.6 Å². The molecule has 10 nitrogen and oxygen atoms in total. The predicted molar refractivity (Wildman–Crippen MR) is 126 cm³/mol. The van der Waals surface area contributed by atoms with E-state index in [0.29, 0.717) is 12.2 Å². The number of benzene rings is 2. The fraction of sp³-hybridized carbons (Fsp3) is 0.391. The van der Waals surface area contributed by atoms with Crippen molar-refractivity contribution in [3.63, 3.8) is 0 Å². The maximum Gasteiger partial charge on any atom is 0.229 e. The molecule has 4 rings (SSSR count). The average molecular weight is 490 g/mol. The highest BCUT2D eigenvalue weighted by molar-refractivity contribution is 7.80. The van der Waals surface area contributed by atoms with Gasteiger partial charge in [-0.15, -0.1) is 0 Å². The van der Waals surface area contributed by atoms with E-state index in [1.807, 2.05) is 36.4 Å². The summed E-state index contributed by atoms with van der Waals surface area (Å²) in [4.78, 5) is 0. The van der Waals surface area contributed by atoms with E-state index < -0.39 is 37.3 Å². The summed E-state index contributed by atoms with van der Waals surface area (Å²) in [5, 5.41) is 45.7. The van der Waals surface area contributed by atoms with E-state index in [1.54, 1.807) is 24.3 Å². The quantitative estimate of drug-likeness (QED) is 0.358. The summed E-state index contributed by atoms with van der Waals surface area (Å²) in [7, 11) is 1.61. The molecule has 0 bridgehead atoms. The predicted octanol–water partition coefficient (Wildman–Crippen LogP) is 0.269. The van der Waals surface area contributed by atoms with E-state index in [1.165, 1.54) is 0 Å². The largest absolute Gasteiger partial charge is 0.497 e. The number of nitrogens with two attached hydrogens (primary N) is 1. The minimum absolute atomic E-state index is 0.148. The van der Waals surface area contributed by atoms with Gasteiger partial charge in [0, 0.05) is 6.42 Å². The number of methoxy groups -OCH3 is 1. The molecule has 2 aliphatic rings. The monoisotopic (exact) mass is 489 g/mol. The Morgan fingerprint density at radius 1 is 1.06 bits per heavy atom. The molecule has 0 amide bonds. The molecular weight excluding hydrogens is 462 g/mol. The average Bonchev–Trinajstić information content (AvgIpc) is 3.31. The van der Waals surface area contributed by atoms with Crippen molar-refractivity contribution in [1.82, 2.24) is 5.01 Å². The van der Waals surface area contributed by atoms with E-state index >= 15 is 0 Å². The van der Waals surface area contributed by atoms with Crippen molar-refractivity contribution in [3.05, 3.63) is 59.7 Å². The Bertz CT molecular complexity index is 1030. The molecule has 11 heteroatoms. The molecule has 1 saturated heterocycles. The maximum atomic E-state index is 10.2. The van der Waals surface area contributed by atoms with E-state index in [9.17, 15) is 20.4 Å². The highest BCUT2D eigenvalue weighted by Crippen LogP contribution is 2.34. The molecule has 1 unspecified atom stereocenters. The van der Waals surface area contributed by atoms with E-state index in [2.05, 4.69) is 5.10 Å². The van der Waals surface area contributed by atoms with Crippen molar-refractivity contribution in [3.8, 4) is 11.5 Å². The molecule has 182 valence electrons. The lowest BCUT2D eigenvalue weighted by Crippen LogP contribution is -2.60. The number of aliphatic hydroxyl groups is 4. The Kier molecular flexibility index (Phi) is 7.31. The van der Waals surface area contributed by atoms with Gasteiger partial charge >= 0.3 is 0 Å². The van der Waals surface area contributed by atoms with Gasteiger partial charge in [-0.25, -0.2) is 5.01 Å². The van der Waals surface area contributed by atoms with Crippen molar-refractivity contribution in [2.45, 2.75) is 43.2 Å². The second-order valence-corrected chi connectivity index (χ2v) is 8.48. The van der Waals surface area contributed by atoms with Crippen molar-refractivity contribution in [2.75, 3.05) is 13.7 Å². The lowest BCUT2D eigenvalue weighted by Gasteiger charge is -2.39. The van der Waals surface area contributed by atoms with Crippen molar-refractivity contribution >= 4 is 23.0 Å². The third-order valence-corrected chi connectivity index (χ3v) is 6.11. The van der Waals surface area contributed by atoms with Gasteiger partial charge in [-0.2, -0.15) is 5.10 Å². The minimum Gasteiger partial charge on any atom is -0.497 e. The Balaban J connectivity index is 1.48. The first-order valence-electron chi connectivity index (χ1n) is 10.7. The van der Waals surface area contributed by atoms with Crippen LogP contribution in [0.25, 0.3) is 0 Å². The fourth-order valence-electron chi connectivity index (χ4n) is 4.00. The lowest BCUT2D eigenvalue weighted by molar-refractivity contribution is -0.277. The van der Waals surface area contributed by atoms with Crippen LogP contribution in [0, 0.1) is 0 Å². The third kappa shape index (κ3) is 4.85. The zero-order chi connectivity index (χ0) is 24.4. The molecule has 2 heterocycles. The molecule has 6 N–H and O–H groups in total. The summed E-state index contributed by atoms with van der Waals surface area (Å²) < 4.78 is 16.3. The zero-order valence-electron chi connectivity index (χ0n) is 18.4. The van der Waals surface area contributed by atoms with Crippen LogP contribution >= 0.6 is 12.2 Å². The van der Waals surface area contributed by atoms with E-state index in [4.69, 9.17) is 32.2 Å². The Labute approximate surface area is 201 Å². The summed E-state index contributed by atoms with van der Waals surface area (Å²) in [6, 6.07) is 14.4. The second-order valence-electron chi connectivity index (χ2n) is 8.06. The maximum absolute atomic E-state index is 10.2. The molecule has 0 aliphatic carbocycles. The summed E-state index contributed by atoms with van der Waals surface area (Å²) >= 11 is 5.21. The van der Waals surface area contributed by atoms with Gasteiger partial charge in [0.2, 0.25) is 6.29 Å². The van der Waals surface area contributed by atoms with Gasteiger partial charge in [-0.05, 0) is 59.7 Å². The first-order valence-corrected chi connectivity index (χ1v) is 11.1. The number of hydrazone groups is 1. The van der Waals surface area contributed by atoms with Crippen LogP contribution in [0.3, 0.4) is 0 Å². The molecule has 1 fully saturated rings. The molecule has 0 aromatic heterocycles. The molecule has 0 saturated carbocycles. The van der Waals surface area contributed by atoms with Crippen LogP contribution in [-0.2, 0) is 4.74 Å². The summed E-state index contributed by atoms with van der Waals surface area (Å²) in [5.41, 5.74) is 8.59. The van der Waals surface area contributed by atoms with Crippen LogP contribution in [0.15, 0.2) is 53.6 Å². The zero-order valence-corrected chi connectivity index (χ0v) is 19.2. The van der Waals surface area contributed by atoms with Gasteiger partial charge in [0.1, 0.15) is 35.9 Å². The SMILES string of the molecule is COc1ccc(C2=NN(C(N)=S)C(c3ccc(O[C@@H]4O[C@H](CO)[C@@H](O)[C@@H](O)[C@H]4O)cc3)C2)cc1. The van der Waals surface area contributed by atoms with E-state index in [-0.39, 0.29) is 11.2 Å².